The average molecular weight is 890 g/mol. The van der Waals surface area contributed by atoms with Crippen LogP contribution in [0.4, 0.5) is 24.5 Å². The predicted molar refractivity (Wildman–Crippen MR) is 241 cm³/mol. The summed E-state index contributed by atoms with van der Waals surface area (Å²) < 4.78 is 70.7. The molecule has 60 heavy (non-hydrogen) atoms. The van der Waals surface area contributed by atoms with E-state index in [0.717, 1.165) is 61.3 Å². The molecule has 1 fully saturated rings. The molecule has 1 atom stereocenters. The number of hydrogen-bond donors (Lipinski definition) is 3. The second-order valence-corrected chi connectivity index (χ2v) is 20.6. The van der Waals surface area contributed by atoms with Gasteiger partial charge in [-0.2, -0.15) is 13.2 Å². The molecule has 3 aromatic carbocycles. The zero-order valence-corrected chi connectivity index (χ0v) is 37.8. The summed E-state index contributed by atoms with van der Waals surface area (Å²) in [6, 6.07) is 20.2. The van der Waals surface area contributed by atoms with Crippen molar-refractivity contribution in [1.29, 1.82) is 0 Å². The summed E-state index contributed by atoms with van der Waals surface area (Å²) in [4.78, 5) is 20.2. The number of carbonyl (C=O) groups is 1. The summed E-state index contributed by atoms with van der Waals surface area (Å²) in [6.07, 6.45) is 9.11. The standard InChI is InChI=1S/C45H62F3N5O4S3/c1-5-6-8-11-35-31-44(2,3)22-20-36(35)32-52-24-26-53(27-25-52)38-16-14-34(15-17-38)43(55)50-59-40-18-19-41(42(30-40)60(56,57)45(46,47)48)49-37(21-23-51(4)28-29-54)33-58-39-12-9-7-10-13-39/h7,9-10,12-19,30,37,49,54H,5-6,8,11,20-29,31-33H2,1-4H3,(H,50,55). The van der Waals surface area contributed by atoms with Gasteiger partial charge < -0.3 is 20.2 Å². The van der Waals surface area contributed by atoms with Gasteiger partial charge in [-0.25, -0.2) is 8.42 Å². The van der Waals surface area contributed by atoms with Gasteiger partial charge >= 0.3 is 5.51 Å². The number of hydrogen-bond acceptors (Lipinski definition) is 10. The molecule has 330 valence electrons. The largest absolute Gasteiger partial charge is 0.501 e. The Morgan fingerprint density at radius 3 is 2.33 bits per heavy atom. The number of carbonyl (C=O) groups excluding carboxylic acids is 1. The van der Waals surface area contributed by atoms with E-state index in [1.807, 2.05) is 54.4 Å². The van der Waals surface area contributed by atoms with Gasteiger partial charge in [0.05, 0.1) is 12.3 Å². The molecule has 15 heteroatoms. The molecule has 1 unspecified atom stereocenters. The number of allylic oxidation sites excluding steroid dienone is 1. The van der Waals surface area contributed by atoms with Crippen LogP contribution in [0, 0.1) is 5.41 Å². The van der Waals surface area contributed by atoms with E-state index < -0.39 is 32.2 Å². The van der Waals surface area contributed by atoms with E-state index in [4.69, 9.17) is 0 Å². The minimum Gasteiger partial charge on any atom is -0.395 e. The molecule has 1 heterocycles. The summed E-state index contributed by atoms with van der Waals surface area (Å²) in [5, 5.41) is 12.4. The summed E-state index contributed by atoms with van der Waals surface area (Å²) in [7, 11) is -3.93. The molecule has 0 saturated carbocycles. The van der Waals surface area contributed by atoms with E-state index in [-0.39, 0.29) is 17.2 Å². The molecule has 1 saturated heterocycles. The number of unbranched alkanes of at least 4 members (excludes halogenated alkanes) is 2. The summed E-state index contributed by atoms with van der Waals surface area (Å²) in [5.41, 5.74) is -0.614. The molecule has 3 aromatic rings. The first-order chi connectivity index (χ1) is 28.6. The number of nitrogens with one attached hydrogen (secondary N) is 2. The number of alkyl halides is 3. The Labute approximate surface area is 364 Å². The van der Waals surface area contributed by atoms with Crippen molar-refractivity contribution in [2.45, 2.75) is 98.4 Å². The van der Waals surface area contributed by atoms with Gasteiger partial charge in [0.15, 0.2) is 0 Å². The highest BCUT2D eigenvalue weighted by molar-refractivity contribution is 7.99. The predicted octanol–water partition coefficient (Wildman–Crippen LogP) is 9.51. The first-order valence-corrected chi connectivity index (χ1v) is 24.3. The third kappa shape index (κ3) is 13.9. The van der Waals surface area contributed by atoms with Crippen molar-refractivity contribution >= 4 is 50.8 Å². The Hall–Kier alpha value is -3.21. The number of anilines is 2. The molecule has 1 aliphatic heterocycles. The second-order valence-electron chi connectivity index (χ2n) is 16.7. The van der Waals surface area contributed by atoms with Gasteiger partial charge in [0.25, 0.3) is 15.7 Å². The quantitative estimate of drug-likeness (QED) is 0.0415. The Kier molecular flexibility index (Phi) is 17.7. The number of likely N-dealkylation sites (N-methyl/N-ethyl adjacent to an activating group) is 1. The van der Waals surface area contributed by atoms with Gasteiger partial charge in [-0.05, 0) is 124 Å². The van der Waals surface area contributed by atoms with Crippen LogP contribution in [0.5, 0.6) is 0 Å². The molecular formula is C45H62F3N5O4S3. The van der Waals surface area contributed by atoms with Gasteiger partial charge in [0, 0.05) is 72.1 Å². The number of halogens is 3. The van der Waals surface area contributed by atoms with E-state index in [1.54, 1.807) is 23.3 Å². The Bertz CT molecular complexity index is 1970. The second kappa shape index (κ2) is 22.2. The molecule has 9 nitrogen and oxygen atoms in total. The van der Waals surface area contributed by atoms with Gasteiger partial charge in [0.1, 0.15) is 4.90 Å². The third-order valence-corrected chi connectivity index (χ3v) is 14.8. The SMILES string of the molecule is CCCCCC1=C(CN2CCN(c3ccc(C(=O)NSc4ccc(NC(CCN(C)CCO)CSc5ccccc5)c(S(=O)(=O)C(F)(F)F)c4)cc3)CC2)CCC(C)(C)C1. The van der Waals surface area contributed by atoms with Crippen molar-refractivity contribution in [1.82, 2.24) is 14.5 Å². The highest BCUT2D eigenvalue weighted by Crippen LogP contribution is 2.41. The number of rotatable bonds is 21. The van der Waals surface area contributed by atoms with Crippen molar-refractivity contribution in [3.8, 4) is 0 Å². The number of thioether (sulfide) groups is 1. The normalized spacial score (nSPS) is 16.9. The van der Waals surface area contributed by atoms with Crippen molar-refractivity contribution in [2.24, 2.45) is 5.41 Å². The lowest BCUT2D eigenvalue weighted by molar-refractivity contribution is -0.0435. The van der Waals surface area contributed by atoms with Crippen molar-refractivity contribution < 1.29 is 31.5 Å². The van der Waals surface area contributed by atoms with Crippen LogP contribution in [0.25, 0.3) is 0 Å². The molecule has 2 aliphatic rings. The van der Waals surface area contributed by atoms with Crippen LogP contribution in [-0.2, 0) is 9.84 Å². The summed E-state index contributed by atoms with van der Waals surface area (Å²) in [5.74, 6) is -0.0104. The summed E-state index contributed by atoms with van der Waals surface area (Å²) >= 11 is 2.26. The minimum absolute atomic E-state index is 0.0438. The van der Waals surface area contributed by atoms with Gasteiger partial charge in [0.2, 0.25) is 0 Å². The monoisotopic (exact) mass is 889 g/mol. The molecule has 0 aromatic heterocycles. The Balaban J connectivity index is 1.21. The number of benzene rings is 3. The van der Waals surface area contributed by atoms with Crippen molar-refractivity contribution in [3.63, 3.8) is 0 Å². The fourth-order valence-electron chi connectivity index (χ4n) is 7.75. The average Bonchev–Trinajstić information content (AvgIpc) is 3.22. The van der Waals surface area contributed by atoms with Crippen LogP contribution in [-0.4, -0.2) is 106 Å². The number of aliphatic hydroxyl groups excluding tert-OH is 1. The van der Waals surface area contributed by atoms with E-state index in [1.165, 1.54) is 68.8 Å². The smallest absolute Gasteiger partial charge is 0.395 e. The highest BCUT2D eigenvalue weighted by Gasteiger charge is 2.48. The fraction of sp³-hybridized carbons (Fsp3) is 0.533. The molecule has 3 N–H and O–H groups in total. The molecule has 0 spiro atoms. The fourth-order valence-corrected chi connectivity index (χ4v) is 10.4. The first-order valence-electron chi connectivity index (χ1n) is 21.0. The number of aliphatic hydroxyl groups is 1. The molecule has 1 amide bonds. The maximum absolute atomic E-state index is 14.0. The molecule has 5 rings (SSSR count). The van der Waals surface area contributed by atoms with Crippen molar-refractivity contribution in [3.05, 3.63) is 89.5 Å². The van der Waals surface area contributed by atoms with E-state index in [9.17, 15) is 31.5 Å². The number of nitrogens with zero attached hydrogens (tertiary/aromatic N) is 3. The van der Waals surface area contributed by atoms with Crippen LogP contribution in [0.3, 0.4) is 0 Å². The highest BCUT2D eigenvalue weighted by atomic mass is 32.2. The summed E-state index contributed by atoms with van der Waals surface area (Å²) in [6.45, 7) is 12.7. The lowest BCUT2D eigenvalue weighted by Gasteiger charge is -2.39. The molecule has 0 bridgehead atoms. The molecular weight excluding hydrogens is 828 g/mol. The molecule has 0 radical (unpaired) electrons. The van der Waals surface area contributed by atoms with Crippen molar-refractivity contribution in [2.75, 3.05) is 75.4 Å². The Morgan fingerprint density at radius 2 is 1.67 bits per heavy atom. The minimum atomic E-state index is -5.76. The van der Waals surface area contributed by atoms with E-state index in [2.05, 4.69) is 40.6 Å². The first kappa shape index (κ1) is 47.8. The van der Waals surface area contributed by atoms with Gasteiger partial charge in [-0.15, -0.1) is 11.8 Å². The zero-order valence-electron chi connectivity index (χ0n) is 35.4. The van der Waals surface area contributed by atoms with Gasteiger partial charge in [-0.1, -0.05) is 63.0 Å². The lowest BCUT2D eigenvalue weighted by Crippen LogP contribution is -2.47. The Morgan fingerprint density at radius 1 is 0.950 bits per heavy atom. The lowest BCUT2D eigenvalue weighted by atomic mass is 9.73. The topological polar surface area (TPSA) is 105 Å². The van der Waals surface area contributed by atoms with Gasteiger partial charge in [-0.3, -0.25) is 14.4 Å². The zero-order chi connectivity index (χ0) is 43.3. The van der Waals surface area contributed by atoms with Crippen LogP contribution in [0.15, 0.2) is 98.6 Å². The maximum atomic E-state index is 14.0. The van der Waals surface area contributed by atoms with Crippen LogP contribution < -0.4 is 14.9 Å². The number of sulfone groups is 1. The molecule has 1 aliphatic carbocycles. The van der Waals surface area contributed by atoms with Crippen LogP contribution in [0.2, 0.25) is 0 Å². The van der Waals surface area contributed by atoms with E-state index >= 15 is 0 Å². The van der Waals surface area contributed by atoms with Crippen LogP contribution >= 0.6 is 23.7 Å². The van der Waals surface area contributed by atoms with E-state index in [0.29, 0.717) is 36.2 Å². The van der Waals surface area contributed by atoms with Crippen LogP contribution in [0.1, 0.15) is 82.5 Å². The maximum Gasteiger partial charge on any atom is 0.501 e. The third-order valence-electron chi connectivity index (χ3n) is 11.4. The number of amides is 1. The number of piperazine rings is 1.